The summed E-state index contributed by atoms with van der Waals surface area (Å²) < 4.78 is 0. The number of hydrogen-bond acceptors (Lipinski definition) is 2. The van der Waals surface area contributed by atoms with Crippen molar-refractivity contribution < 1.29 is 19.8 Å². The van der Waals surface area contributed by atoms with Crippen LogP contribution in [0.5, 0.6) is 0 Å². The number of hydrogen-bond donors (Lipinski definition) is 2. The van der Waals surface area contributed by atoms with Crippen molar-refractivity contribution in [1.29, 1.82) is 0 Å². The van der Waals surface area contributed by atoms with Gasteiger partial charge in [0.2, 0.25) is 0 Å². The van der Waals surface area contributed by atoms with Gasteiger partial charge in [0.1, 0.15) is 0 Å². The fraction of sp³-hybridized carbons (Fsp3) is 0.714. The molecular formula is C7H11KO4. The fourth-order valence-electron chi connectivity index (χ4n) is 1.50. The molecule has 1 aliphatic rings. The molecule has 1 aliphatic carbocycles. The topological polar surface area (TPSA) is 74.6 Å². The Kier molecular flexibility index (Phi) is 4.94. The summed E-state index contributed by atoms with van der Waals surface area (Å²) in [6, 6.07) is 0. The van der Waals surface area contributed by atoms with Gasteiger partial charge in [-0.15, -0.1) is 0 Å². The summed E-state index contributed by atoms with van der Waals surface area (Å²) in [4.78, 5) is 21.2. The Morgan fingerprint density at radius 2 is 1.33 bits per heavy atom. The van der Waals surface area contributed by atoms with Crippen molar-refractivity contribution >= 4 is 63.3 Å². The molecule has 0 radical (unpaired) electrons. The normalized spacial score (nSPS) is 19.7. The monoisotopic (exact) mass is 198 g/mol. The van der Waals surface area contributed by atoms with Crippen LogP contribution in [0.4, 0.5) is 0 Å². The number of carboxylic acids is 2. The molecule has 12 heavy (non-hydrogen) atoms. The van der Waals surface area contributed by atoms with Crippen LogP contribution in [0.1, 0.15) is 25.7 Å². The molecule has 0 aliphatic heterocycles. The fourth-order valence-corrected chi connectivity index (χ4v) is 1.50. The molecule has 0 aromatic carbocycles. The van der Waals surface area contributed by atoms with Gasteiger partial charge in [-0.05, 0) is 12.8 Å². The molecule has 1 rings (SSSR count). The van der Waals surface area contributed by atoms with Crippen LogP contribution in [0.2, 0.25) is 0 Å². The molecule has 0 saturated heterocycles. The molecule has 0 atom stereocenters. The van der Waals surface area contributed by atoms with Crippen LogP contribution in [0.3, 0.4) is 0 Å². The molecule has 5 heteroatoms. The van der Waals surface area contributed by atoms with Crippen LogP contribution in [-0.2, 0) is 9.59 Å². The molecule has 0 unspecified atom stereocenters. The average Bonchev–Trinajstić information content (AvgIpc) is 2.34. The third-order valence-electron chi connectivity index (χ3n) is 2.28. The van der Waals surface area contributed by atoms with E-state index in [1.54, 1.807) is 0 Å². The van der Waals surface area contributed by atoms with E-state index in [9.17, 15) is 9.59 Å². The summed E-state index contributed by atoms with van der Waals surface area (Å²) in [5.41, 5.74) is -1.47. The third-order valence-corrected chi connectivity index (χ3v) is 2.28. The molecule has 0 heterocycles. The summed E-state index contributed by atoms with van der Waals surface area (Å²) in [5, 5.41) is 17.3. The van der Waals surface area contributed by atoms with E-state index in [4.69, 9.17) is 10.2 Å². The molecule has 0 spiro atoms. The average molecular weight is 198 g/mol. The van der Waals surface area contributed by atoms with Crippen molar-refractivity contribution in [2.45, 2.75) is 25.7 Å². The first-order chi connectivity index (χ1) is 5.09. The van der Waals surface area contributed by atoms with Crippen LogP contribution in [-0.4, -0.2) is 73.5 Å². The second kappa shape index (κ2) is 4.71. The molecule has 0 aromatic rings. The first-order valence-corrected chi connectivity index (χ1v) is 3.56. The van der Waals surface area contributed by atoms with Crippen molar-refractivity contribution in [1.82, 2.24) is 0 Å². The minimum atomic E-state index is -1.47. The van der Waals surface area contributed by atoms with Gasteiger partial charge >= 0.3 is 63.3 Å². The van der Waals surface area contributed by atoms with Gasteiger partial charge in [0.05, 0.1) is 0 Å². The Balaban J connectivity index is 0.00000121. The molecule has 0 amide bonds. The summed E-state index contributed by atoms with van der Waals surface area (Å²) >= 11 is 0. The van der Waals surface area contributed by atoms with Crippen molar-refractivity contribution in [3.05, 3.63) is 0 Å². The Bertz CT molecular complexity index is 180. The standard InChI is InChI=1S/C7H10O4.K.H/c8-5(9)7(6(10)11)3-1-2-4-7;;/h1-4H2,(H,8,9)(H,10,11);;. The second-order valence-electron chi connectivity index (χ2n) is 2.90. The van der Waals surface area contributed by atoms with Crippen molar-refractivity contribution in [2.75, 3.05) is 0 Å². The van der Waals surface area contributed by atoms with Crippen LogP contribution in [0.25, 0.3) is 0 Å². The van der Waals surface area contributed by atoms with E-state index in [0.717, 1.165) is 0 Å². The number of carboxylic acid groups (broad SMARTS) is 2. The molecule has 64 valence electrons. The molecular weight excluding hydrogens is 187 g/mol. The molecule has 1 saturated carbocycles. The zero-order valence-corrected chi connectivity index (χ0v) is 6.04. The zero-order chi connectivity index (χ0) is 8.48. The van der Waals surface area contributed by atoms with E-state index < -0.39 is 17.4 Å². The Hall–Kier alpha value is 0.576. The van der Waals surface area contributed by atoms with Gasteiger partial charge in [-0.25, -0.2) is 0 Å². The summed E-state index contributed by atoms with van der Waals surface area (Å²) in [6.07, 6.45) is 1.96. The summed E-state index contributed by atoms with van der Waals surface area (Å²) in [7, 11) is 0. The zero-order valence-electron chi connectivity index (χ0n) is 6.04. The third kappa shape index (κ3) is 2.08. The molecule has 1 fully saturated rings. The predicted molar refractivity (Wildman–Crippen MR) is 43.3 cm³/mol. The van der Waals surface area contributed by atoms with Gasteiger partial charge in [0, 0.05) is 0 Å². The molecule has 2 N–H and O–H groups in total. The predicted octanol–water partition coefficient (Wildman–Crippen LogP) is 0.0675. The first-order valence-electron chi connectivity index (χ1n) is 3.56. The van der Waals surface area contributed by atoms with E-state index in [2.05, 4.69) is 0 Å². The SMILES string of the molecule is O=C(O)C1(C(=O)O)CCCC1.[KH]. The maximum atomic E-state index is 10.6. The number of aliphatic carboxylic acids is 2. The second-order valence-corrected chi connectivity index (χ2v) is 2.90. The van der Waals surface area contributed by atoms with Crippen LogP contribution < -0.4 is 0 Å². The quantitative estimate of drug-likeness (QED) is 0.486. The maximum absolute atomic E-state index is 10.6. The van der Waals surface area contributed by atoms with E-state index in [0.29, 0.717) is 12.8 Å². The van der Waals surface area contributed by atoms with Gasteiger partial charge in [0.25, 0.3) is 0 Å². The number of carbonyl (C=O) groups is 2. The van der Waals surface area contributed by atoms with E-state index >= 15 is 0 Å². The van der Waals surface area contributed by atoms with Gasteiger partial charge < -0.3 is 10.2 Å². The van der Waals surface area contributed by atoms with Crippen LogP contribution >= 0.6 is 0 Å². The first kappa shape index (κ1) is 12.6. The molecule has 0 bridgehead atoms. The van der Waals surface area contributed by atoms with E-state index in [1.165, 1.54) is 0 Å². The Labute approximate surface area is 113 Å². The minimum absolute atomic E-state index is 0. The molecule has 0 aromatic heterocycles. The summed E-state index contributed by atoms with van der Waals surface area (Å²) in [5.74, 6) is -2.38. The van der Waals surface area contributed by atoms with Crippen molar-refractivity contribution in [2.24, 2.45) is 5.41 Å². The van der Waals surface area contributed by atoms with Crippen molar-refractivity contribution in [3.63, 3.8) is 0 Å². The van der Waals surface area contributed by atoms with Gasteiger partial charge in [0.15, 0.2) is 5.41 Å². The Morgan fingerprint density at radius 3 is 1.50 bits per heavy atom. The van der Waals surface area contributed by atoms with Gasteiger partial charge in [-0.3, -0.25) is 9.59 Å². The number of rotatable bonds is 2. The van der Waals surface area contributed by atoms with Crippen LogP contribution in [0, 0.1) is 5.41 Å². The van der Waals surface area contributed by atoms with Gasteiger partial charge in [-0.2, -0.15) is 0 Å². The van der Waals surface area contributed by atoms with Crippen molar-refractivity contribution in [3.8, 4) is 0 Å². The van der Waals surface area contributed by atoms with Crippen LogP contribution in [0.15, 0.2) is 0 Å². The molecule has 4 nitrogen and oxygen atoms in total. The summed E-state index contributed by atoms with van der Waals surface area (Å²) in [6.45, 7) is 0. The Morgan fingerprint density at radius 1 is 1.00 bits per heavy atom. The van der Waals surface area contributed by atoms with Gasteiger partial charge in [-0.1, -0.05) is 12.8 Å². The van der Waals surface area contributed by atoms with E-state index in [1.807, 2.05) is 0 Å². The van der Waals surface area contributed by atoms with E-state index in [-0.39, 0.29) is 64.2 Å².